The van der Waals surface area contributed by atoms with Crippen molar-refractivity contribution in [1.82, 2.24) is 0 Å². The number of hydrogen-bond acceptors (Lipinski definition) is 2. The minimum absolute atomic E-state index is 0.679. The van der Waals surface area contributed by atoms with Crippen LogP contribution in [-0.2, 0) is 6.42 Å². The molecule has 0 aromatic heterocycles. The zero-order valence-electron chi connectivity index (χ0n) is 11.2. The van der Waals surface area contributed by atoms with Crippen molar-refractivity contribution in [1.29, 1.82) is 0 Å². The quantitative estimate of drug-likeness (QED) is 0.884. The predicted octanol–water partition coefficient (Wildman–Crippen LogP) is 3.47. The summed E-state index contributed by atoms with van der Waals surface area (Å²) in [5.74, 6) is 0.842. The monoisotopic (exact) mass is 266 g/mol. The molecule has 1 aromatic carbocycles. The van der Waals surface area contributed by atoms with Crippen LogP contribution in [0.25, 0.3) is 0 Å². The molecule has 1 heterocycles. The third-order valence-corrected chi connectivity index (χ3v) is 4.07. The second-order valence-corrected chi connectivity index (χ2v) is 5.62. The molecule has 1 saturated heterocycles. The van der Waals surface area contributed by atoms with Gasteiger partial charge >= 0.3 is 0 Å². The van der Waals surface area contributed by atoms with E-state index in [2.05, 4.69) is 30.0 Å². The molecule has 1 unspecified atom stereocenters. The molecule has 2 rings (SSSR count). The maximum atomic E-state index is 6.39. The molecule has 100 valence electrons. The van der Waals surface area contributed by atoms with Crippen LogP contribution in [0.3, 0.4) is 0 Å². The molecular formula is C15H23ClN2. The van der Waals surface area contributed by atoms with Crippen LogP contribution >= 0.6 is 11.6 Å². The molecule has 0 amide bonds. The summed E-state index contributed by atoms with van der Waals surface area (Å²) in [6, 6.07) is 6.37. The molecule has 2 N–H and O–H groups in total. The Morgan fingerprint density at radius 3 is 2.94 bits per heavy atom. The largest absolute Gasteiger partial charge is 0.370 e. The lowest BCUT2D eigenvalue weighted by atomic mass is 10.0. The summed E-state index contributed by atoms with van der Waals surface area (Å²) < 4.78 is 0. The van der Waals surface area contributed by atoms with Crippen LogP contribution in [0.2, 0.25) is 5.02 Å². The van der Waals surface area contributed by atoms with Crippen LogP contribution in [0, 0.1) is 5.92 Å². The summed E-state index contributed by atoms with van der Waals surface area (Å²) in [7, 11) is 0. The fourth-order valence-electron chi connectivity index (χ4n) is 2.82. The average Bonchev–Trinajstić information content (AvgIpc) is 2.78. The first-order chi connectivity index (χ1) is 8.74. The standard InChI is InChI=1S/C15H23ClN2/c1-2-3-13-7-9-18(11-13)15-5-4-12(6-8-17)10-14(15)16/h4-5,10,13H,2-3,6-9,11,17H2,1H3. The first-order valence-corrected chi connectivity index (χ1v) is 7.35. The second-order valence-electron chi connectivity index (χ2n) is 5.21. The lowest BCUT2D eigenvalue weighted by Crippen LogP contribution is -2.20. The minimum atomic E-state index is 0.679. The second kappa shape index (κ2) is 6.44. The summed E-state index contributed by atoms with van der Waals surface area (Å²) in [6.07, 6.45) is 4.81. The third kappa shape index (κ3) is 3.18. The summed E-state index contributed by atoms with van der Waals surface area (Å²) in [5, 5.41) is 0.873. The maximum Gasteiger partial charge on any atom is 0.0642 e. The van der Waals surface area contributed by atoms with Crippen LogP contribution in [0.1, 0.15) is 31.7 Å². The van der Waals surface area contributed by atoms with E-state index >= 15 is 0 Å². The average molecular weight is 267 g/mol. The first-order valence-electron chi connectivity index (χ1n) is 6.98. The Labute approximate surface area is 115 Å². The molecule has 3 heteroatoms. The van der Waals surface area contributed by atoms with Gasteiger partial charge in [-0.2, -0.15) is 0 Å². The van der Waals surface area contributed by atoms with E-state index in [1.165, 1.54) is 30.5 Å². The van der Waals surface area contributed by atoms with Gasteiger partial charge in [-0.15, -0.1) is 0 Å². The van der Waals surface area contributed by atoms with Crippen LogP contribution in [0.4, 0.5) is 5.69 Å². The highest BCUT2D eigenvalue weighted by Crippen LogP contribution is 2.32. The van der Waals surface area contributed by atoms with Gasteiger partial charge in [-0.25, -0.2) is 0 Å². The van der Waals surface area contributed by atoms with Crippen LogP contribution < -0.4 is 10.6 Å². The zero-order valence-corrected chi connectivity index (χ0v) is 11.9. The molecule has 1 aliphatic heterocycles. The maximum absolute atomic E-state index is 6.39. The van der Waals surface area contributed by atoms with Gasteiger partial charge in [-0.1, -0.05) is 31.0 Å². The number of benzene rings is 1. The summed E-state index contributed by atoms with van der Waals surface area (Å²) in [4.78, 5) is 2.43. The van der Waals surface area contributed by atoms with Gasteiger partial charge in [0, 0.05) is 13.1 Å². The van der Waals surface area contributed by atoms with E-state index in [4.69, 9.17) is 17.3 Å². The Bertz CT molecular complexity index is 392. The SMILES string of the molecule is CCCC1CCN(c2ccc(CCN)cc2Cl)C1. The topological polar surface area (TPSA) is 29.3 Å². The summed E-state index contributed by atoms with van der Waals surface area (Å²) in [5.41, 5.74) is 7.99. The Hall–Kier alpha value is -0.730. The van der Waals surface area contributed by atoms with Crippen molar-refractivity contribution in [3.63, 3.8) is 0 Å². The summed E-state index contributed by atoms with van der Waals surface area (Å²) >= 11 is 6.39. The van der Waals surface area contributed by atoms with Gasteiger partial charge in [0.15, 0.2) is 0 Å². The van der Waals surface area contributed by atoms with Gasteiger partial charge in [0.1, 0.15) is 0 Å². The molecule has 1 aliphatic rings. The van der Waals surface area contributed by atoms with Crippen molar-refractivity contribution in [2.45, 2.75) is 32.6 Å². The normalized spacial score (nSPS) is 19.5. The molecule has 0 spiro atoms. The Morgan fingerprint density at radius 1 is 1.44 bits per heavy atom. The van der Waals surface area contributed by atoms with Crippen molar-refractivity contribution < 1.29 is 0 Å². The van der Waals surface area contributed by atoms with E-state index < -0.39 is 0 Å². The molecule has 0 aliphatic carbocycles. The lowest BCUT2D eigenvalue weighted by molar-refractivity contribution is 0.530. The number of hydrogen-bond donors (Lipinski definition) is 1. The van der Waals surface area contributed by atoms with Gasteiger partial charge in [0.25, 0.3) is 0 Å². The minimum Gasteiger partial charge on any atom is -0.370 e. The van der Waals surface area contributed by atoms with Gasteiger partial charge < -0.3 is 10.6 Å². The number of anilines is 1. The highest BCUT2D eigenvalue weighted by Gasteiger charge is 2.23. The van der Waals surface area contributed by atoms with E-state index in [-0.39, 0.29) is 0 Å². The molecule has 0 bridgehead atoms. The van der Waals surface area contributed by atoms with Crippen LogP contribution in [-0.4, -0.2) is 19.6 Å². The highest BCUT2D eigenvalue weighted by atomic mass is 35.5. The Kier molecular flexibility index (Phi) is 4.90. The van der Waals surface area contributed by atoms with Crippen molar-refractivity contribution >= 4 is 17.3 Å². The summed E-state index contributed by atoms with van der Waals surface area (Å²) in [6.45, 7) is 5.24. The third-order valence-electron chi connectivity index (χ3n) is 3.77. The number of halogens is 1. The highest BCUT2D eigenvalue weighted by molar-refractivity contribution is 6.33. The predicted molar refractivity (Wildman–Crippen MR) is 79.4 cm³/mol. The fourth-order valence-corrected chi connectivity index (χ4v) is 3.15. The molecule has 1 atom stereocenters. The first kappa shape index (κ1) is 13.7. The number of rotatable bonds is 5. The van der Waals surface area contributed by atoms with E-state index in [9.17, 15) is 0 Å². The van der Waals surface area contributed by atoms with E-state index in [0.29, 0.717) is 6.54 Å². The molecule has 1 aromatic rings. The van der Waals surface area contributed by atoms with Gasteiger partial charge in [-0.05, 0) is 49.4 Å². The molecule has 2 nitrogen and oxygen atoms in total. The number of nitrogens with two attached hydrogens (primary N) is 1. The molecule has 0 saturated carbocycles. The Balaban J connectivity index is 2.05. The van der Waals surface area contributed by atoms with Crippen molar-refractivity contribution in [2.24, 2.45) is 11.7 Å². The smallest absolute Gasteiger partial charge is 0.0642 e. The molecular weight excluding hydrogens is 244 g/mol. The molecule has 18 heavy (non-hydrogen) atoms. The van der Waals surface area contributed by atoms with Gasteiger partial charge in [0.2, 0.25) is 0 Å². The lowest BCUT2D eigenvalue weighted by Gasteiger charge is -2.20. The van der Waals surface area contributed by atoms with E-state index in [0.717, 1.165) is 30.5 Å². The van der Waals surface area contributed by atoms with Gasteiger partial charge in [0.05, 0.1) is 10.7 Å². The van der Waals surface area contributed by atoms with Crippen LogP contribution in [0.5, 0.6) is 0 Å². The van der Waals surface area contributed by atoms with Crippen molar-refractivity contribution in [3.8, 4) is 0 Å². The van der Waals surface area contributed by atoms with E-state index in [1.54, 1.807) is 0 Å². The Morgan fingerprint density at radius 2 is 2.28 bits per heavy atom. The van der Waals surface area contributed by atoms with E-state index in [1.807, 2.05) is 0 Å². The zero-order chi connectivity index (χ0) is 13.0. The van der Waals surface area contributed by atoms with Crippen molar-refractivity contribution in [3.05, 3.63) is 28.8 Å². The van der Waals surface area contributed by atoms with Crippen molar-refractivity contribution in [2.75, 3.05) is 24.5 Å². The van der Waals surface area contributed by atoms with Gasteiger partial charge in [-0.3, -0.25) is 0 Å². The van der Waals surface area contributed by atoms with Crippen LogP contribution in [0.15, 0.2) is 18.2 Å². The number of nitrogens with zero attached hydrogens (tertiary/aromatic N) is 1. The molecule has 0 radical (unpaired) electrons. The fraction of sp³-hybridized carbons (Fsp3) is 0.600. The molecule has 1 fully saturated rings.